The zero-order valence-electron chi connectivity index (χ0n) is 6.18. The van der Waals surface area contributed by atoms with Gasteiger partial charge in [0.25, 0.3) is 0 Å². The number of nitrogens with one attached hydrogen (secondary N) is 1. The van der Waals surface area contributed by atoms with Crippen LogP contribution in [0.2, 0.25) is 0 Å². The third-order valence-corrected chi connectivity index (χ3v) is 2.48. The van der Waals surface area contributed by atoms with Gasteiger partial charge in [-0.05, 0) is 19.8 Å². The van der Waals surface area contributed by atoms with Crippen molar-refractivity contribution in [2.24, 2.45) is 0 Å². The van der Waals surface area contributed by atoms with Crippen LogP contribution in [0.4, 0.5) is 4.79 Å². The molecule has 0 radical (unpaired) electrons. The summed E-state index contributed by atoms with van der Waals surface area (Å²) in [5, 5.41) is 2.80. The number of amides is 2. The molecule has 0 unspecified atom stereocenters. The van der Waals surface area contributed by atoms with Crippen LogP contribution in [0, 0.1) is 0 Å². The molecular weight excluding hydrogens is 128 g/mol. The summed E-state index contributed by atoms with van der Waals surface area (Å²) in [6, 6.07) is 0.125. The lowest BCUT2D eigenvalue weighted by atomic mass is 10.3. The van der Waals surface area contributed by atoms with Crippen LogP contribution in [0.25, 0.3) is 0 Å². The van der Waals surface area contributed by atoms with Gasteiger partial charge in [-0.25, -0.2) is 4.79 Å². The lowest BCUT2D eigenvalue weighted by Crippen LogP contribution is -2.37. The lowest BCUT2D eigenvalue weighted by molar-refractivity contribution is 0.196. The van der Waals surface area contributed by atoms with E-state index in [0.29, 0.717) is 0 Å². The molecule has 0 aromatic heterocycles. The minimum Gasteiger partial charge on any atom is -0.336 e. The largest absolute Gasteiger partial charge is 0.336 e. The lowest BCUT2D eigenvalue weighted by Gasteiger charge is -2.21. The Morgan fingerprint density at radius 2 is 2.30 bits per heavy atom. The molecule has 1 saturated heterocycles. The van der Waals surface area contributed by atoms with Crippen LogP contribution in [0.5, 0.6) is 0 Å². The Morgan fingerprint density at radius 1 is 1.60 bits per heavy atom. The van der Waals surface area contributed by atoms with Crippen molar-refractivity contribution < 1.29 is 4.79 Å². The molecule has 2 rings (SSSR count). The van der Waals surface area contributed by atoms with Crippen molar-refractivity contribution in [2.75, 3.05) is 13.1 Å². The number of hydrogen-bond acceptors (Lipinski definition) is 1. The van der Waals surface area contributed by atoms with Gasteiger partial charge in [0.2, 0.25) is 0 Å². The minimum atomic E-state index is 0.125. The minimum absolute atomic E-state index is 0.125. The Hall–Kier alpha value is -0.730. The van der Waals surface area contributed by atoms with Crippen LogP contribution in [-0.4, -0.2) is 29.6 Å². The second-order valence-corrected chi connectivity index (χ2v) is 3.38. The third kappa shape index (κ3) is 0.696. The molecule has 0 aromatic carbocycles. The third-order valence-electron chi connectivity index (χ3n) is 2.48. The van der Waals surface area contributed by atoms with Gasteiger partial charge in [-0.1, -0.05) is 0 Å². The number of urea groups is 1. The molecule has 3 heteroatoms. The number of nitrogens with zero attached hydrogens (tertiary/aromatic N) is 1. The summed E-state index contributed by atoms with van der Waals surface area (Å²) in [6.07, 6.45) is 2.36. The first-order chi connectivity index (χ1) is 4.72. The van der Waals surface area contributed by atoms with Crippen molar-refractivity contribution in [1.29, 1.82) is 0 Å². The topological polar surface area (TPSA) is 32.3 Å². The second-order valence-electron chi connectivity index (χ2n) is 3.38. The van der Waals surface area contributed by atoms with Gasteiger partial charge in [-0.3, -0.25) is 0 Å². The normalized spacial score (nSPS) is 28.5. The van der Waals surface area contributed by atoms with Gasteiger partial charge < -0.3 is 10.2 Å². The number of hydrogen-bond donors (Lipinski definition) is 1. The van der Waals surface area contributed by atoms with Crippen molar-refractivity contribution in [3.63, 3.8) is 0 Å². The highest BCUT2D eigenvalue weighted by molar-refractivity contribution is 5.77. The van der Waals surface area contributed by atoms with Gasteiger partial charge in [0, 0.05) is 18.6 Å². The molecule has 1 heterocycles. The van der Waals surface area contributed by atoms with Crippen LogP contribution in [0.3, 0.4) is 0 Å². The molecule has 0 bridgehead atoms. The fraction of sp³-hybridized carbons (Fsp3) is 0.857. The summed E-state index contributed by atoms with van der Waals surface area (Å²) in [4.78, 5) is 13.0. The SMILES string of the molecule is CC1(N2CCNC2=O)CC1. The van der Waals surface area contributed by atoms with E-state index in [1.807, 2.05) is 4.90 Å². The van der Waals surface area contributed by atoms with Crippen molar-refractivity contribution in [1.82, 2.24) is 10.2 Å². The summed E-state index contributed by atoms with van der Waals surface area (Å²) in [5.41, 5.74) is 0.223. The molecular formula is C7H12N2O. The maximum atomic E-state index is 11.1. The molecule has 10 heavy (non-hydrogen) atoms. The van der Waals surface area contributed by atoms with Crippen molar-refractivity contribution >= 4 is 6.03 Å². The Morgan fingerprint density at radius 3 is 2.70 bits per heavy atom. The second kappa shape index (κ2) is 1.65. The van der Waals surface area contributed by atoms with Gasteiger partial charge in [-0.15, -0.1) is 0 Å². The molecule has 2 amide bonds. The molecule has 2 fully saturated rings. The van der Waals surface area contributed by atoms with Crippen LogP contribution < -0.4 is 5.32 Å². The van der Waals surface area contributed by atoms with E-state index in [1.54, 1.807) is 0 Å². The van der Waals surface area contributed by atoms with E-state index in [1.165, 1.54) is 12.8 Å². The monoisotopic (exact) mass is 140 g/mol. The molecule has 0 spiro atoms. The highest BCUT2D eigenvalue weighted by Gasteiger charge is 2.46. The van der Waals surface area contributed by atoms with E-state index in [9.17, 15) is 4.79 Å². The van der Waals surface area contributed by atoms with Crippen molar-refractivity contribution in [3.05, 3.63) is 0 Å². The summed E-state index contributed by atoms with van der Waals surface area (Å²) in [6.45, 7) is 3.88. The molecule has 0 atom stereocenters. The summed E-state index contributed by atoms with van der Waals surface area (Å²) in [5.74, 6) is 0. The zero-order chi connectivity index (χ0) is 7.19. The van der Waals surface area contributed by atoms with Gasteiger partial charge in [0.05, 0.1) is 0 Å². The summed E-state index contributed by atoms with van der Waals surface area (Å²) >= 11 is 0. The van der Waals surface area contributed by atoms with E-state index < -0.39 is 0 Å². The fourth-order valence-electron chi connectivity index (χ4n) is 1.44. The van der Waals surface area contributed by atoms with Crippen LogP contribution in [0.1, 0.15) is 19.8 Å². The maximum Gasteiger partial charge on any atom is 0.317 e. The smallest absolute Gasteiger partial charge is 0.317 e. The van der Waals surface area contributed by atoms with Crippen molar-refractivity contribution in [2.45, 2.75) is 25.3 Å². The van der Waals surface area contributed by atoms with Crippen LogP contribution in [-0.2, 0) is 0 Å². The average molecular weight is 140 g/mol. The molecule has 1 aliphatic heterocycles. The van der Waals surface area contributed by atoms with Crippen molar-refractivity contribution in [3.8, 4) is 0 Å². The average Bonchev–Trinajstić information content (AvgIpc) is 2.44. The van der Waals surface area contributed by atoms with E-state index in [2.05, 4.69) is 12.2 Å². The van der Waals surface area contributed by atoms with E-state index in [0.717, 1.165) is 13.1 Å². The van der Waals surface area contributed by atoms with Crippen LogP contribution in [0.15, 0.2) is 0 Å². The van der Waals surface area contributed by atoms with Crippen LogP contribution >= 0.6 is 0 Å². The van der Waals surface area contributed by atoms with E-state index in [-0.39, 0.29) is 11.6 Å². The quantitative estimate of drug-likeness (QED) is 0.567. The number of rotatable bonds is 1. The van der Waals surface area contributed by atoms with E-state index >= 15 is 0 Å². The number of carbonyl (C=O) groups excluding carboxylic acids is 1. The molecule has 3 nitrogen and oxygen atoms in total. The fourth-order valence-corrected chi connectivity index (χ4v) is 1.44. The van der Waals surface area contributed by atoms with E-state index in [4.69, 9.17) is 0 Å². The van der Waals surface area contributed by atoms with Gasteiger partial charge in [0.1, 0.15) is 0 Å². The first-order valence-corrected chi connectivity index (χ1v) is 3.78. The molecule has 1 N–H and O–H groups in total. The predicted octanol–water partition coefficient (Wildman–Crippen LogP) is 0.564. The predicted molar refractivity (Wildman–Crippen MR) is 37.7 cm³/mol. The standard InChI is InChI=1S/C7H12N2O/c1-7(2-3-7)9-5-4-8-6(9)10/h2-5H2,1H3,(H,8,10). The van der Waals surface area contributed by atoms with Gasteiger partial charge >= 0.3 is 6.03 Å². The Kier molecular flexibility index (Phi) is 0.993. The molecule has 0 aromatic rings. The number of carbonyl (C=O) groups is 1. The molecule has 2 aliphatic rings. The Balaban J connectivity index is 2.10. The highest BCUT2D eigenvalue weighted by atomic mass is 16.2. The first-order valence-electron chi connectivity index (χ1n) is 3.78. The Bertz CT molecular complexity index is 174. The van der Waals surface area contributed by atoms with Gasteiger partial charge in [0.15, 0.2) is 0 Å². The Labute approximate surface area is 60.4 Å². The molecule has 1 saturated carbocycles. The molecule has 1 aliphatic carbocycles. The highest BCUT2D eigenvalue weighted by Crippen LogP contribution is 2.41. The zero-order valence-corrected chi connectivity index (χ0v) is 6.18. The molecule has 56 valence electrons. The van der Waals surface area contributed by atoms with Gasteiger partial charge in [-0.2, -0.15) is 0 Å². The maximum absolute atomic E-state index is 11.1. The summed E-state index contributed by atoms with van der Waals surface area (Å²) < 4.78 is 0. The first kappa shape index (κ1) is 6.01. The summed E-state index contributed by atoms with van der Waals surface area (Å²) in [7, 11) is 0.